The Bertz CT molecular complexity index is 621. The predicted octanol–water partition coefficient (Wildman–Crippen LogP) is 2.78. The van der Waals surface area contributed by atoms with Crippen LogP contribution in [0.25, 0.3) is 0 Å². The summed E-state index contributed by atoms with van der Waals surface area (Å²) in [5.41, 5.74) is 9.85. The number of rotatable bonds is 6. The fourth-order valence-corrected chi connectivity index (χ4v) is 2.01. The van der Waals surface area contributed by atoms with Crippen molar-refractivity contribution in [2.45, 2.75) is 20.4 Å². The van der Waals surface area contributed by atoms with E-state index in [4.69, 9.17) is 10.5 Å². The van der Waals surface area contributed by atoms with Gasteiger partial charge in [-0.2, -0.15) is 0 Å². The van der Waals surface area contributed by atoms with Crippen LogP contribution in [0, 0.1) is 13.8 Å². The highest BCUT2D eigenvalue weighted by Crippen LogP contribution is 2.17. The molecular formula is C17H20N2O2. The van der Waals surface area contributed by atoms with E-state index in [0.717, 1.165) is 12.2 Å². The quantitative estimate of drug-likeness (QED) is 0.857. The maximum Gasteiger partial charge on any atom is 0.255 e. The van der Waals surface area contributed by atoms with Crippen LogP contribution in [0.15, 0.2) is 42.5 Å². The molecule has 0 radical (unpaired) electrons. The van der Waals surface area contributed by atoms with Gasteiger partial charge in [0.1, 0.15) is 5.75 Å². The first-order valence-corrected chi connectivity index (χ1v) is 6.86. The molecule has 0 saturated carbocycles. The van der Waals surface area contributed by atoms with Crippen molar-refractivity contribution in [3.63, 3.8) is 0 Å². The Hall–Kier alpha value is -2.49. The molecule has 110 valence electrons. The molecule has 0 fully saturated rings. The fraction of sp³-hybridized carbons (Fsp3) is 0.235. The van der Waals surface area contributed by atoms with Crippen molar-refractivity contribution in [3.8, 4) is 5.75 Å². The Morgan fingerprint density at radius 2 is 1.86 bits per heavy atom. The van der Waals surface area contributed by atoms with E-state index in [9.17, 15) is 4.79 Å². The van der Waals surface area contributed by atoms with E-state index < -0.39 is 5.91 Å². The van der Waals surface area contributed by atoms with Crippen LogP contribution in [0.3, 0.4) is 0 Å². The Morgan fingerprint density at radius 1 is 1.14 bits per heavy atom. The van der Waals surface area contributed by atoms with Crippen LogP contribution in [0.1, 0.15) is 16.7 Å². The van der Waals surface area contributed by atoms with Crippen LogP contribution in [0.5, 0.6) is 5.75 Å². The molecule has 2 rings (SSSR count). The van der Waals surface area contributed by atoms with Crippen molar-refractivity contribution in [2.24, 2.45) is 5.73 Å². The molecule has 21 heavy (non-hydrogen) atoms. The second kappa shape index (κ2) is 6.79. The normalized spacial score (nSPS) is 10.2. The lowest BCUT2D eigenvalue weighted by Gasteiger charge is -2.11. The summed E-state index contributed by atoms with van der Waals surface area (Å²) in [5.74, 6) is 0.151. The average molecular weight is 284 g/mol. The minimum atomic E-state index is -0.480. The van der Waals surface area contributed by atoms with Crippen molar-refractivity contribution >= 4 is 11.6 Å². The minimum Gasteiger partial charge on any atom is -0.484 e. The number of primary amides is 1. The van der Waals surface area contributed by atoms with E-state index in [1.165, 1.54) is 16.7 Å². The summed E-state index contributed by atoms with van der Waals surface area (Å²) in [7, 11) is 0. The summed E-state index contributed by atoms with van der Waals surface area (Å²) in [6.45, 7) is 4.87. The van der Waals surface area contributed by atoms with E-state index in [2.05, 4.69) is 37.4 Å². The van der Waals surface area contributed by atoms with Crippen molar-refractivity contribution in [1.29, 1.82) is 0 Å². The number of nitrogens with two attached hydrogens (primary N) is 1. The minimum absolute atomic E-state index is 0.102. The first-order chi connectivity index (χ1) is 10.0. The van der Waals surface area contributed by atoms with E-state index in [0.29, 0.717) is 5.75 Å². The largest absolute Gasteiger partial charge is 0.484 e. The van der Waals surface area contributed by atoms with Gasteiger partial charge in [-0.1, -0.05) is 23.8 Å². The van der Waals surface area contributed by atoms with Crippen molar-refractivity contribution in [2.75, 3.05) is 11.9 Å². The third kappa shape index (κ3) is 4.53. The maximum absolute atomic E-state index is 10.6. The van der Waals surface area contributed by atoms with Crippen molar-refractivity contribution in [3.05, 3.63) is 59.2 Å². The second-order valence-corrected chi connectivity index (χ2v) is 5.06. The van der Waals surface area contributed by atoms with Crippen LogP contribution < -0.4 is 15.8 Å². The highest BCUT2D eigenvalue weighted by molar-refractivity contribution is 5.75. The predicted molar refractivity (Wildman–Crippen MR) is 84.4 cm³/mol. The second-order valence-electron chi connectivity index (χ2n) is 5.06. The van der Waals surface area contributed by atoms with Gasteiger partial charge in [0, 0.05) is 12.2 Å². The molecule has 0 bridgehead atoms. The lowest BCUT2D eigenvalue weighted by atomic mass is 10.1. The molecule has 0 heterocycles. The maximum atomic E-state index is 10.6. The molecule has 2 aromatic rings. The summed E-state index contributed by atoms with van der Waals surface area (Å²) < 4.78 is 5.22. The number of carbonyl (C=O) groups excluding carboxylic acids is 1. The van der Waals surface area contributed by atoms with Gasteiger partial charge in [0.05, 0.1) is 0 Å². The number of aryl methyl sites for hydroxylation is 2. The van der Waals surface area contributed by atoms with Crippen LogP contribution in [0.2, 0.25) is 0 Å². The summed E-state index contributed by atoms with van der Waals surface area (Å²) in [4.78, 5) is 10.6. The van der Waals surface area contributed by atoms with E-state index in [1.807, 2.05) is 24.3 Å². The van der Waals surface area contributed by atoms with E-state index >= 15 is 0 Å². The molecular weight excluding hydrogens is 264 g/mol. The third-order valence-electron chi connectivity index (χ3n) is 3.22. The van der Waals surface area contributed by atoms with Gasteiger partial charge >= 0.3 is 0 Å². The summed E-state index contributed by atoms with van der Waals surface area (Å²) in [5, 5.41) is 3.37. The number of nitrogens with one attached hydrogen (secondary N) is 1. The molecule has 1 amide bonds. The van der Waals surface area contributed by atoms with Gasteiger partial charge in [0.2, 0.25) is 0 Å². The molecule has 0 aliphatic carbocycles. The summed E-state index contributed by atoms with van der Waals surface area (Å²) >= 11 is 0. The Kier molecular flexibility index (Phi) is 4.82. The number of hydrogen-bond acceptors (Lipinski definition) is 3. The van der Waals surface area contributed by atoms with E-state index in [1.54, 1.807) is 0 Å². The topological polar surface area (TPSA) is 64.3 Å². The zero-order chi connectivity index (χ0) is 15.2. The monoisotopic (exact) mass is 284 g/mol. The fourth-order valence-electron chi connectivity index (χ4n) is 2.01. The molecule has 4 heteroatoms. The Balaban J connectivity index is 1.94. The van der Waals surface area contributed by atoms with Gasteiger partial charge in [-0.25, -0.2) is 0 Å². The van der Waals surface area contributed by atoms with Crippen LogP contribution in [-0.2, 0) is 11.3 Å². The first kappa shape index (κ1) is 14.9. The third-order valence-corrected chi connectivity index (χ3v) is 3.22. The van der Waals surface area contributed by atoms with Crippen LogP contribution in [0.4, 0.5) is 5.69 Å². The first-order valence-electron chi connectivity index (χ1n) is 6.86. The number of anilines is 1. The van der Waals surface area contributed by atoms with Crippen LogP contribution >= 0.6 is 0 Å². The molecule has 0 unspecified atom stereocenters. The van der Waals surface area contributed by atoms with Crippen LogP contribution in [-0.4, -0.2) is 12.5 Å². The molecule has 0 aliphatic rings. The average Bonchev–Trinajstić information content (AvgIpc) is 2.47. The number of hydrogen-bond donors (Lipinski definition) is 2. The van der Waals surface area contributed by atoms with Gasteiger partial charge in [-0.05, 0) is 49.2 Å². The zero-order valence-corrected chi connectivity index (χ0v) is 12.3. The molecule has 4 nitrogen and oxygen atoms in total. The SMILES string of the molecule is Cc1ccc(C)c(CNc2ccc(OCC(N)=O)cc2)c1. The zero-order valence-electron chi connectivity index (χ0n) is 12.3. The molecule has 2 aromatic carbocycles. The number of benzene rings is 2. The molecule has 3 N–H and O–H groups in total. The smallest absolute Gasteiger partial charge is 0.255 e. The highest BCUT2D eigenvalue weighted by Gasteiger charge is 2.01. The summed E-state index contributed by atoms with van der Waals surface area (Å²) in [6, 6.07) is 13.9. The number of carbonyl (C=O) groups is 1. The standard InChI is InChI=1S/C17H20N2O2/c1-12-3-4-13(2)14(9-12)10-19-15-5-7-16(8-6-15)21-11-17(18)20/h3-9,19H,10-11H2,1-2H3,(H2,18,20). The van der Waals surface area contributed by atoms with Gasteiger partial charge in [-0.3, -0.25) is 4.79 Å². The Morgan fingerprint density at radius 3 is 2.52 bits per heavy atom. The molecule has 0 saturated heterocycles. The van der Waals surface area contributed by atoms with Crippen molar-refractivity contribution in [1.82, 2.24) is 0 Å². The van der Waals surface area contributed by atoms with Crippen molar-refractivity contribution < 1.29 is 9.53 Å². The molecule has 0 atom stereocenters. The lowest BCUT2D eigenvalue weighted by Crippen LogP contribution is -2.19. The van der Waals surface area contributed by atoms with Gasteiger partial charge in [0.15, 0.2) is 6.61 Å². The summed E-state index contributed by atoms with van der Waals surface area (Å²) in [6.07, 6.45) is 0. The molecule has 0 aromatic heterocycles. The molecule has 0 aliphatic heterocycles. The number of ether oxygens (including phenoxy) is 1. The highest BCUT2D eigenvalue weighted by atomic mass is 16.5. The number of amides is 1. The lowest BCUT2D eigenvalue weighted by molar-refractivity contribution is -0.119. The van der Waals surface area contributed by atoms with E-state index in [-0.39, 0.29) is 6.61 Å². The van der Waals surface area contributed by atoms with Gasteiger partial charge in [-0.15, -0.1) is 0 Å². The van der Waals surface area contributed by atoms with Gasteiger partial charge < -0.3 is 15.8 Å². The Labute approximate surface area is 124 Å². The molecule has 0 spiro atoms. The van der Waals surface area contributed by atoms with Gasteiger partial charge in [0.25, 0.3) is 5.91 Å².